The van der Waals surface area contributed by atoms with E-state index in [1.807, 2.05) is 4.90 Å². The number of unbranched alkanes of at least 4 members (excludes halogenated alkanes) is 13. The molecule has 1 aliphatic heterocycles. The first-order chi connectivity index (χ1) is 12.1. The van der Waals surface area contributed by atoms with Gasteiger partial charge in [-0.2, -0.15) is 0 Å². The summed E-state index contributed by atoms with van der Waals surface area (Å²) < 4.78 is 0. The first-order valence-corrected chi connectivity index (χ1v) is 10.8. The standard InChI is InChI=1S/C21H41NO3/c1-2-3-4-5-6-7-8-9-10-11-12-13-14-15-16-22-18-19(23)17-20(22)21(24)25/h19-20,23H,2-18H2,1H3,(H,24,25)/t19-,20-/m1/s1. The fourth-order valence-electron chi connectivity index (χ4n) is 3.89. The van der Waals surface area contributed by atoms with Gasteiger partial charge in [-0.15, -0.1) is 0 Å². The van der Waals surface area contributed by atoms with Gasteiger partial charge in [-0.1, -0.05) is 90.4 Å². The van der Waals surface area contributed by atoms with Gasteiger partial charge >= 0.3 is 5.97 Å². The minimum atomic E-state index is -0.790. The first kappa shape index (κ1) is 22.4. The van der Waals surface area contributed by atoms with Crippen LogP contribution in [0.4, 0.5) is 0 Å². The molecule has 0 aromatic carbocycles. The van der Waals surface area contributed by atoms with Crippen LogP contribution in [0.1, 0.15) is 103 Å². The van der Waals surface area contributed by atoms with Crippen molar-refractivity contribution in [2.75, 3.05) is 13.1 Å². The maximum atomic E-state index is 11.2. The molecule has 1 rings (SSSR count). The van der Waals surface area contributed by atoms with Gasteiger partial charge in [0.1, 0.15) is 6.04 Å². The lowest BCUT2D eigenvalue weighted by molar-refractivity contribution is -0.142. The van der Waals surface area contributed by atoms with Crippen LogP contribution < -0.4 is 0 Å². The van der Waals surface area contributed by atoms with E-state index in [1.165, 1.54) is 83.5 Å². The summed E-state index contributed by atoms with van der Waals surface area (Å²) in [6, 6.07) is -0.475. The van der Waals surface area contributed by atoms with Crippen molar-refractivity contribution in [1.82, 2.24) is 4.90 Å². The Kier molecular flexibility index (Phi) is 13.1. The Bertz CT molecular complexity index is 335. The Labute approximate surface area is 155 Å². The van der Waals surface area contributed by atoms with Gasteiger partial charge in [0.15, 0.2) is 0 Å². The normalized spacial score (nSPS) is 21.0. The maximum Gasteiger partial charge on any atom is 0.321 e. The van der Waals surface area contributed by atoms with Crippen molar-refractivity contribution in [2.24, 2.45) is 0 Å². The third kappa shape index (κ3) is 10.9. The van der Waals surface area contributed by atoms with E-state index in [0.29, 0.717) is 13.0 Å². The van der Waals surface area contributed by atoms with Crippen molar-refractivity contribution >= 4 is 5.97 Å². The Balaban J connectivity index is 1.84. The van der Waals surface area contributed by atoms with Gasteiger partial charge in [0, 0.05) is 13.0 Å². The molecule has 1 saturated heterocycles. The molecule has 0 amide bonds. The number of rotatable bonds is 16. The van der Waals surface area contributed by atoms with Crippen molar-refractivity contribution in [1.29, 1.82) is 0 Å². The molecule has 0 saturated carbocycles. The van der Waals surface area contributed by atoms with E-state index in [9.17, 15) is 9.90 Å². The van der Waals surface area contributed by atoms with Crippen LogP contribution in [0.5, 0.6) is 0 Å². The van der Waals surface area contributed by atoms with Gasteiger partial charge < -0.3 is 10.2 Å². The van der Waals surface area contributed by atoms with Gasteiger partial charge in [0.25, 0.3) is 0 Å². The molecule has 4 nitrogen and oxygen atoms in total. The highest BCUT2D eigenvalue weighted by Gasteiger charge is 2.35. The number of aliphatic hydroxyl groups is 1. The number of hydrogen-bond acceptors (Lipinski definition) is 3. The van der Waals surface area contributed by atoms with Crippen molar-refractivity contribution < 1.29 is 15.0 Å². The minimum Gasteiger partial charge on any atom is -0.480 e. The topological polar surface area (TPSA) is 60.8 Å². The highest BCUT2D eigenvalue weighted by atomic mass is 16.4. The number of carbonyl (C=O) groups is 1. The SMILES string of the molecule is CCCCCCCCCCCCCCCCN1C[C@H](O)C[C@@H]1C(=O)O. The second kappa shape index (κ2) is 14.5. The summed E-state index contributed by atoms with van der Waals surface area (Å²) in [7, 11) is 0. The summed E-state index contributed by atoms with van der Waals surface area (Å²) >= 11 is 0. The first-order valence-electron chi connectivity index (χ1n) is 10.8. The van der Waals surface area contributed by atoms with Gasteiger partial charge in [0.05, 0.1) is 6.10 Å². The van der Waals surface area contributed by atoms with Crippen LogP contribution in [-0.2, 0) is 4.79 Å². The second-order valence-corrected chi connectivity index (χ2v) is 7.83. The Morgan fingerprint density at radius 1 is 0.840 bits per heavy atom. The molecule has 25 heavy (non-hydrogen) atoms. The van der Waals surface area contributed by atoms with Crippen LogP contribution in [0, 0.1) is 0 Å². The highest BCUT2D eigenvalue weighted by molar-refractivity contribution is 5.74. The molecule has 1 aliphatic rings. The molecular weight excluding hydrogens is 314 g/mol. The van der Waals surface area contributed by atoms with Gasteiger partial charge in [0.2, 0.25) is 0 Å². The average Bonchev–Trinajstić information content (AvgIpc) is 2.96. The molecule has 4 heteroatoms. The largest absolute Gasteiger partial charge is 0.480 e. The lowest BCUT2D eigenvalue weighted by Crippen LogP contribution is -2.36. The quantitative estimate of drug-likeness (QED) is 0.383. The molecule has 0 aromatic heterocycles. The van der Waals surface area contributed by atoms with Crippen LogP contribution in [0.25, 0.3) is 0 Å². The van der Waals surface area contributed by atoms with Crippen LogP contribution >= 0.6 is 0 Å². The van der Waals surface area contributed by atoms with Crippen molar-refractivity contribution in [2.45, 2.75) is 115 Å². The summed E-state index contributed by atoms with van der Waals surface area (Å²) in [5.74, 6) is -0.790. The zero-order valence-corrected chi connectivity index (χ0v) is 16.4. The van der Waals surface area contributed by atoms with Crippen LogP contribution in [-0.4, -0.2) is 46.3 Å². The molecule has 1 heterocycles. The fourth-order valence-corrected chi connectivity index (χ4v) is 3.89. The molecule has 0 bridgehead atoms. The summed E-state index contributed by atoms with van der Waals surface area (Å²) in [4.78, 5) is 13.1. The Morgan fingerprint density at radius 3 is 1.72 bits per heavy atom. The van der Waals surface area contributed by atoms with Gasteiger partial charge in [-0.25, -0.2) is 0 Å². The summed E-state index contributed by atoms with van der Waals surface area (Å²) in [6.45, 7) is 3.60. The summed E-state index contributed by atoms with van der Waals surface area (Å²) in [5.41, 5.74) is 0. The number of carboxylic acids is 1. The fraction of sp³-hybridized carbons (Fsp3) is 0.952. The predicted molar refractivity (Wildman–Crippen MR) is 104 cm³/mol. The van der Waals surface area contributed by atoms with E-state index in [0.717, 1.165) is 13.0 Å². The Morgan fingerprint density at radius 2 is 1.28 bits per heavy atom. The van der Waals surface area contributed by atoms with Crippen LogP contribution in [0.3, 0.4) is 0 Å². The van der Waals surface area contributed by atoms with Gasteiger partial charge in [-0.05, 0) is 13.0 Å². The molecule has 2 N–H and O–H groups in total. The summed E-state index contributed by atoms with van der Waals surface area (Å²) in [6.07, 6.45) is 18.6. The van der Waals surface area contributed by atoms with Crippen molar-refractivity contribution in [3.63, 3.8) is 0 Å². The molecule has 1 fully saturated rings. The number of β-amino-alcohol motifs (C(OH)–C–C–N with tert-alkyl or cyclic N) is 1. The number of likely N-dealkylation sites (tertiary alicyclic amines) is 1. The van der Waals surface area contributed by atoms with E-state index in [-0.39, 0.29) is 0 Å². The third-order valence-corrected chi connectivity index (χ3v) is 5.47. The maximum absolute atomic E-state index is 11.2. The molecule has 2 atom stereocenters. The average molecular weight is 356 g/mol. The molecule has 148 valence electrons. The van der Waals surface area contributed by atoms with E-state index >= 15 is 0 Å². The number of hydrogen-bond donors (Lipinski definition) is 2. The van der Waals surface area contributed by atoms with Gasteiger partial charge in [-0.3, -0.25) is 9.69 Å². The number of carboxylic acid groups (broad SMARTS) is 1. The number of aliphatic hydroxyl groups excluding tert-OH is 1. The van der Waals surface area contributed by atoms with E-state index in [1.54, 1.807) is 0 Å². The predicted octanol–water partition coefficient (Wildman–Crippen LogP) is 4.99. The molecule has 0 unspecified atom stereocenters. The smallest absolute Gasteiger partial charge is 0.321 e. The van der Waals surface area contributed by atoms with Crippen LogP contribution in [0.15, 0.2) is 0 Å². The molecule has 0 spiro atoms. The molecule has 0 radical (unpaired) electrons. The van der Waals surface area contributed by atoms with Crippen molar-refractivity contribution in [3.05, 3.63) is 0 Å². The van der Waals surface area contributed by atoms with Crippen LogP contribution in [0.2, 0.25) is 0 Å². The van der Waals surface area contributed by atoms with Crippen molar-refractivity contribution in [3.8, 4) is 0 Å². The minimum absolute atomic E-state index is 0.383. The lowest BCUT2D eigenvalue weighted by atomic mass is 10.0. The second-order valence-electron chi connectivity index (χ2n) is 7.83. The molecule has 0 aliphatic carbocycles. The Hall–Kier alpha value is -0.610. The summed E-state index contributed by atoms with van der Waals surface area (Å²) in [5, 5.41) is 18.8. The molecular formula is C21H41NO3. The third-order valence-electron chi connectivity index (χ3n) is 5.47. The molecule has 0 aromatic rings. The monoisotopic (exact) mass is 355 g/mol. The lowest BCUT2D eigenvalue weighted by Gasteiger charge is -2.20. The number of aliphatic carboxylic acids is 1. The zero-order chi connectivity index (χ0) is 18.3. The van der Waals surface area contributed by atoms with E-state index in [2.05, 4.69) is 6.92 Å². The van der Waals surface area contributed by atoms with E-state index < -0.39 is 18.1 Å². The zero-order valence-electron chi connectivity index (χ0n) is 16.4. The highest BCUT2D eigenvalue weighted by Crippen LogP contribution is 2.19. The van der Waals surface area contributed by atoms with E-state index in [4.69, 9.17) is 5.11 Å². The number of nitrogens with zero attached hydrogens (tertiary/aromatic N) is 1.